The van der Waals surface area contributed by atoms with Gasteiger partial charge in [-0.1, -0.05) is 11.3 Å². The van der Waals surface area contributed by atoms with E-state index in [0.717, 1.165) is 33.2 Å². The molecule has 1 N–H and O–H groups in total. The van der Waals surface area contributed by atoms with Crippen LogP contribution in [0.25, 0.3) is 10.3 Å². The number of rotatable bonds is 3. The highest BCUT2D eigenvalue weighted by molar-refractivity contribution is 9.10. The Morgan fingerprint density at radius 1 is 1.37 bits per heavy atom. The van der Waals surface area contributed by atoms with Crippen molar-refractivity contribution < 1.29 is 4.74 Å². The molecule has 2 aromatic rings. The zero-order chi connectivity index (χ0) is 13.2. The molecule has 0 spiro atoms. The molecule has 1 atom stereocenters. The lowest BCUT2D eigenvalue weighted by Crippen LogP contribution is -2.35. The Balaban J connectivity index is 1.73. The van der Waals surface area contributed by atoms with E-state index in [0.29, 0.717) is 5.92 Å². The maximum Gasteiger partial charge on any atom is 0.276 e. The molecule has 0 radical (unpaired) electrons. The molecule has 3 heterocycles. The molecule has 1 unspecified atom stereocenters. The number of pyridine rings is 1. The Kier molecular flexibility index (Phi) is 4.00. The Bertz CT molecular complexity index is 568. The second-order valence-corrected chi connectivity index (χ2v) is 6.60. The summed E-state index contributed by atoms with van der Waals surface area (Å²) in [5, 5.41) is 4.11. The number of thiazole rings is 1. The van der Waals surface area contributed by atoms with Crippen LogP contribution >= 0.6 is 27.3 Å². The predicted molar refractivity (Wildman–Crippen MR) is 80.8 cm³/mol. The van der Waals surface area contributed by atoms with Gasteiger partial charge in [0, 0.05) is 0 Å². The third-order valence-electron chi connectivity index (χ3n) is 3.54. The second kappa shape index (κ2) is 5.73. The minimum Gasteiger partial charge on any atom is -0.467 e. The summed E-state index contributed by atoms with van der Waals surface area (Å²) < 4.78 is 6.84. The van der Waals surface area contributed by atoms with Crippen LogP contribution in [0.5, 0.6) is 5.19 Å². The zero-order valence-corrected chi connectivity index (χ0v) is 13.1. The fourth-order valence-electron chi connectivity index (χ4n) is 2.39. The molecular weight excluding hydrogens is 326 g/mol. The molecule has 102 valence electrons. The fraction of sp³-hybridized carbons (Fsp3) is 0.538. The van der Waals surface area contributed by atoms with Crippen molar-refractivity contribution in [2.75, 3.05) is 13.1 Å². The van der Waals surface area contributed by atoms with E-state index in [9.17, 15) is 0 Å². The van der Waals surface area contributed by atoms with Crippen LogP contribution < -0.4 is 10.1 Å². The number of fused-ring (bicyclic) bond motifs is 1. The molecule has 1 fully saturated rings. The summed E-state index contributed by atoms with van der Waals surface area (Å²) in [5.41, 5.74) is 0.903. The second-order valence-electron chi connectivity index (χ2n) is 4.85. The number of ether oxygens (including phenoxy) is 1. The van der Waals surface area contributed by atoms with Gasteiger partial charge in [-0.05, 0) is 66.8 Å². The van der Waals surface area contributed by atoms with Crippen molar-refractivity contribution in [3.05, 3.63) is 16.7 Å². The maximum absolute atomic E-state index is 6.00. The van der Waals surface area contributed by atoms with Crippen LogP contribution in [-0.4, -0.2) is 29.2 Å². The average molecular weight is 342 g/mol. The number of piperidine rings is 1. The summed E-state index contributed by atoms with van der Waals surface area (Å²) in [6.07, 6.45) is 2.57. The van der Waals surface area contributed by atoms with Crippen LogP contribution in [-0.2, 0) is 0 Å². The van der Waals surface area contributed by atoms with Crippen molar-refractivity contribution in [1.82, 2.24) is 15.3 Å². The molecule has 0 aromatic carbocycles. The number of nitrogens with one attached hydrogen (secondary N) is 1. The molecular formula is C13H16BrN3OS. The molecule has 0 bridgehead atoms. The molecule has 3 rings (SSSR count). The van der Waals surface area contributed by atoms with Crippen molar-refractivity contribution in [2.24, 2.45) is 5.92 Å². The first kappa shape index (κ1) is 13.3. The van der Waals surface area contributed by atoms with Gasteiger partial charge in [-0.2, -0.15) is 0 Å². The molecule has 2 aromatic heterocycles. The van der Waals surface area contributed by atoms with E-state index in [-0.39, 0.29) is 6.10 Å². The van der Waals surface area contributed by atoms with E-state index in [1.807, 2.05) is 12.1 Å². The Morgan fingerprint density at radius 2 is 2.16 bits per heavy atom. The molecule has 0 saturated carbocycles. The lowest BCUT2D eigenvalue weighted by Gasteiger charge is -2.27. The summed E-state index contributed by atoms with van der Waals surface area (Å²) in [7, 11) is 0. The van der Waals surface area contributed by atoms with E-state index >= 15 is 0 Å². The van der Waals surface area contributed by atoms with Crippen LogP contribution in [0.4, 0.5) is 0 Å². The lowest BCUT2D eigenvalue weighted by molar-refractivity contribution is 0.128. The quantitative estimate of drug-likeness (QED) is 0.870. The zero-order valence-electron chi connectivity index (χ0n) is 10.7. The van der Waals surface area contributed by atoms with Crippen LogP contribution in [0.3, 0.4) is 0 Å². The topological polar surface area (TPSA) is 47.0 Å². The van der Waals surface area contributed by atoms with Crippen molar-refractivity contribution in [1.29, 1.82) is 0 Å². The van der Waals surface area contributed by atoms with Crippen LogP contribution in [0.15, 0.2) is 16.7 Å². The van der Waals surface area contributed by atoms with Crippen LogP contribution in [0, 0.1) is 5.92 Å². The molecule has 1 saturated heterocycles. The van der Waals surface area contributed by atoms with Gasteiger partial charge in [0.1, 0.15) is 21.1 Å². The smallest absolute Gasteiger partial charge is 0.276 e. The number of hydrogen-bond donors (Lipinski definition) is 1. The van der Waals surface area contributed by atoms with E-state index in [1.54, 1.807) is 0 Å². The number of aromatic nitrogens is 2. The SMILES string of the molecule is CC(Oc1nc2ccc(Br)nc2s1)C1CCNCC1. The molecule has 4 nitrogen and oxygen atoms in total. The minimum absolute atomic E-state index is 0.214. The van der Waals surface area contributed by atoms with Crippen LogP contribution in [0.1, 0.15) is 19.8 Å². The molecule has 0 amide bonds. The van der Waals surface area contributed by atoms with Gasteiger partial charge in [-0.3, -0.25) is 0 Å². The van der Waals surface area contributed by atoms with Gasteiger partial charge in [0.15, 0.2) is 0 Å². The number of halogens is 1. The highest BCUT2D eigenvalue weighted by Gasteiger charge is 2.22. The van der Waals surface area contributed by atoms with E-state index in [4.69, 9.17) is 4.74 Å². The fourth-order valence-corrected chi connectivity index (χ4v) is 3.69. The molecule has 19 heavy (non-hydrogen) atoms. The molecule has 1 aliphatic heterocycles. The van der Waals surface area contributed by atoms with Gasteiger partial charge in [0.25, 0.3) is 5.19 Å². The van der Waals surface area contributed by atoms with E-state index < -0.39 is 0 Å². The highest BCUT2D eigenvalue weighted by Crippen LogP contribution is 2.30. The summed E-state index contributed by atoms with van der Waals surface area (Å²) >= 11 is 4.89. The molecule has 6 heteroatoms. The normalized spacial score (nSPS) is 18.6. The number of hydrogen-bond acceptors (Lipinski definition) is 5. The van der Waals surface area contributed by atoms with Gasteiger partial charge >= 0.3 is 0 Å². The molecule has 1 aliphatic rings. The summed E-state index contributed by atoms with van der Waals surface area (Å²) in [6.45, 7) is 4.32. The standard InChI is InChI=1S/C13H16BrN3OS/c1-8(9-4-6-15-7-5-9)18-13-16-10-2-3-11(14)17-12(10)19-13/h2-3,8-9,15H,4-7H2,1H3. The van der Waals surface area contributed by atoms with Gasteiger partial charge in [0.2, 0.25) is 0 Å². The first-order valence-electron chi connectivity index (χ1n) is 6.53. The Hall–Kier alpha value is -0.720. The first-order chi connectivity index (χ1) is 9.22. The van der Waals surface area contributed by atoms with Crippen LogP contribution in [0.2, 0.25) is 0 Å². The maximum atomic E-state index is 6.00. The van der Waals surface area contributed by atoms with Crippen molar-refractivity contribution >= 4 is 37.6 Å². The van der Waals surface area contributed by atoms with Gasteiger partial charge in [-0.25, -0.2) is 9.97 Å². The summed E-state index contributed by atoms with van der Waals surface area (Å²) in [6, 6.07) is 3.87. The third-order valence-corrected chi connectivity index (χ3v) is 4.83. The summed E-state index contributed by atoms with van der Waals surface area (Å²) in [4.78, 5) is 9.80. The molecule has 0 aliphatic carbocycles. The van der Waals surface area contributed by atoms with Gasteiger partial charge in [0.05, 0.1) is 0 Å². The number of nitrogens with zero attached hydrogens (tertiary/aromatic N) is 2. The minimum atomic E-state index is 0.214. The largest absolute Gasteiger partial charge is 0.467 e. The summed E-state index contributed by atoms with van der Waals surface area (Å²) in [5.74, 6) is 0.618. The van der Waals surface area contributed by atoms with Crippen molar-refractivity contribution in [2.45, 2.75) is 25.9 Å². The Morgan fingerprint density at radius 3 is 2.95 bits per heavy atom. The van der Waals surface area contributed by atoms with Crippen molar-refractivity contribution in [3.63, 3.8) is 0 Å². The Labute approximate surface area is 124 Å². The predicted octanol–water partition coefficient (Wildman–Crippen LogP) is 3.22. The third kappa shape index (κ3) is 3.07. The van der Waals surface area contributed by atoms with E-state index in [2.05, 4.69) is 38.1 Å². The van der Waals surface area contributed by atoms with Crippen molar-refractivity contribution in [3.8, 4) is 5.19 Å². The monoisotopic (exact) mass is 341 g/mol. The van der Waals surface area contributed by atoms with Gasteiger partial charge in [-0.15, -0.1) is 0 Å². The highest BCUT2D eigenvalue weighted by atomic mass is 79.9. The first-order valence-corrected chi connectivity index (χ1v) is 8.14. The van der Waals surface area contributed by atoms with E-state index in [1.165, 1.54) is 24.2 Å². The average Bonchev–Trinajstić information content (AvgIpc) is 2.81. The van der Waals surface area contributed by atoms with Gasteiger partial charge < -0.3 is 10.1 Å². The lowest BCUT2D eigenvalue weighted by atomic mass is 9.93.